The van der Waals surface area contributed by atoms with Crippen LogP contribution in [0.2, 0.25) is 0 Å². The molecule has 0 amide bonds. The summed E-state index contributed by atoms with van der Waals surface area (Å²) >= 11 is 5.83. The van der Waals surface area contributed by atoms with E-state index in [1.165, 1.54) is 12.1 Å². The highest BCUT2D eigenvalue weighted by atomic mass is 35.5. The van der Waals surface area contributed by atoms with Crippen molar-refractivity contribution in [3.05, 3.63) is 70.8 Å². The molecule has 19 heavy (non-hydrogen) atoms. The Labute approximate surface area is 114 Å². The molecular weight excluding hydrogens is 273 g/mol. The zero-order valence-electron chi connectivity index (χ0n) is 10.0. The summed E-state index contributed by atoms with van der Waals surface area (Å²) < 4.78 is 37.3. The molecule has 0 aliphatic heterocycles. The molecule has 0 radical (unpaired) electrons. The predicted octanol–water partition coefficient (Wildman–Crippen LogP) is 5.04. The van der Waals surface area contributed by atoms with E-state index in [0.717, 1.165) is 28.8 Å². The molecular formula is C15H12ClF3. The van der Waals surface area contributed by atoms with Crippen LogP contribution in [0.4, 0.5) is 13.2 Å². The smallest absolute Gasteiger partial charge is 0.166 e. The highest BCUT2D eigenvalue weighted by molar-refractivity contribution is 6.17. The number of hydrogen-bond donors (Lipinski definition) is 0. The first-order chi connectivity index (χ1) is 9.00. The standard InChI is InChI=1S/C15H12ClF3/c16-10-13-4-2-1-3-12(13)9-11-5-7-14(8-6-11)15(17,18)19/h1-8H,9-10H2. The fourth-order valence-corrected chi connectivity index (χ4v) is 2.15. The monoisotopic (exact) mass is 284 g/mol. The minimum Gasteiger partial charge on any atom is -0.166 e. The van der Waals surface area contributed by atoms with E-state index in [-0.39, 0.29) is 0 Å². The van der Waals surface area contributed by atoms with Crippen LogP contribution in [0.25, 0.3) is 0 Å². The highest BCUT2D eigenvalue weighted by Gasteiger charge is 2.29. The molecule has 4 heteroatoms. The first kappa shape index (κ1) is 13.9. The number of halogens is 4. The maximum Gasteiger partial charge on any atom is 0.416 e. The average Bonchev–Trinajstić information content (AvgIpc) is 2.39. The van der Waals surface area contributed by atoms with E-state index < -0.39 is 11.7 Å². The van der Waals surface area contributed by atoms with E-state index in [4.69, 9.17) is 11.6 Å². The Morgan fingerprint density at radius 2 is 1.42 bits per heavy atom. The number of alkyl halides is 4. The molecule has 0 N–H and O–H groups in total. The van der Waals surface area contributed by atoms with Gasteiger partial charge in [-0.05, 0) is 35.2 Å². The Kier molecular flexibility index (Phi) is 4.15. The van der Waals surface area contributed by atoms with Crippen LogP contribution in [0.5, 0.6) is 0 Å². The zero-order chi connectivity index (χ0) is 13.9. The summed E-state index contributed by atoms with van der Waals surface area (Å²) in [6, 6.07) is 12.9. The zero-order valence-corrected chi connectivity index (χ0v) is 10.8. The van der Waals surface area contributed by atoms with Crippen molar-refractivity contribution in [2.24, 2.45) is 0 Å². The third kappa shape index (κ3) is 3.51. The normalized spacial score (nSPS) is 11.6. The van der Waals surface area contributed by atoms with Gasteiger partial charge in [0.1, 0.15) is 0 Å². The fraction of sp³-hybridized carbons (Fsp3) is 0.200. The summed E-state index contributed by atoms with van der Waals surface area (Å²) in [6.45, 7) is 0. The van der Waals surface area contributed by atoms with Crippen LogP contribution in [-0.4, -0.2) is 0 Å². The van der Waals surface area contributed by atoms with Gasteiger partial charge in [0.05, 0.1) is 5.56 Å². The predicted molar refractivity (Wildman–Crippen MR) is 70.2 cm³/mol. The van der Waals surface area contributed by atoms with Gasteiger partial charge in [-0.1, -0.05) is 36.4 Å². The number of rotatable bonds is 3. The third-order valence-electron chi connectivity index (χ3n) is 2.94. The van der Waals surface area contributed by atoms with Crippen molar-refractivity contribution < 1.29 is 13.2 Å². The average molecular weight is 285 g/mol. The summed E-state index contributed by atoms with van der Waals surface area (Å²) in [5.74, 6) is 0.400. The van der Waals surface area contributed by atoms with E-state index in [0.29, 0.717) is 12.3 Å². The van der Waals surface area contributed by atoms with Crippen molar-refractivity contribution in [1.29, 1.82) is 0 Å². The molecule has 0 saturated heterocycles. The van der Waals surface area contributed by atoms with Crippen LogP contribution in [0.3, 0.4) is 0 Å². The third-order valence-corrected chi connectivity index (χ3v) is 3.23. The number of hydrogen-bond acceptors (Lipinski definition) is 0. The molecule has 0 aromatic heterocycles. The Hall–Kier alpha value is -1.48. The van der Waals surface area contributed by atoms with Crippen LogP contribution in [-0.2, 0) is 18.5 Å². The highest BCUT2D eigenvalue weighted by Crippen LogP contribution is 2.29. The first-order valence-electron chi connectivity index (χ1n) is 5.79. The van der Waals surface area contributed by atoms with Gasteiger partial charge in [-0.3, -0.25) is 0 Å². The molecule has 0 aliphatic carbocycles. The van der Waals surface area contributed by atoms with Crippen molar-refractivity contribution in [2.45, 2.75) is 18.5 Å². The lowest BCUT2D eigenvalue weighted by Crippen LogP contribution is -2.04. The molecule has 100 valence electrons. The molecule has 0 nitrogen and oxygen atoms in total. The Morgan fingerprint density at radius 1 is 0.842 bits per heavy atom. The van der Waals surface area contributed by atoms with Crippen molar-refractivity contribution in [1.82, 2.24) is 0 Å². The molecule has 2 rings (SSSR count). The van der Waals surface area contributed by atoms with E-state index in [1.807, 2.05) is 24.3 Å². The van der Waals surface area contributed by atoms with Crippen molar-refractivity contribution >= 4 is 11.6 Å². The Bertz CT molecular complexity index is 544. The summed E-state index contributed by atoms with van der Waals surface area (Å²) in [6.07, 6.45) is -3.70. The molecule has 2 aromatic carbocycles. The first-order valence-corrected chi connectivity index (χ1v) is 6.33. The van der Waals surface area contributed by atoms with Gasteiger partial charge in [0.25, 0.3) is 0 Å². The van der Waals surface area contributed by atoms with Gasteiger partial charge in [-0.15, -0.1) is 11.6 Å². The summed E-state index contributed by atoms with van der Waals surface area (Å²) in [5.41, 5.74) is 2.26. The van der Waals surface area contributed by atoms with E-state index >= 15 is 0 Å². The molecule has 0 fully saturated rings. The number of benzene rings is 2. The second-order valence-corrected chi connectivity index (χ2v) is 4.54. The minimum absolute atomic E-state index is 0.400. The quantitative estimate of drug-likeness (QED) is 0.693. The fourth-order valence-electron chi connectivity index (χ4n) is 1.89. The van der Waals surface area contributed by atoms with Crippen molar-refractivity contribution in [3.63, 3.8) is 0 Å². The van der Waals surface area contributed by atoms with Gasteiger partial charge < -0.3 is 0 Å². The molecule has 0 bridgehead atoms. The summed E-state index contributed by atoms with van der Waals surface area (Å²) in [5, 5.41) is 0. The Morgan fingerprint density at radius 3 is 1.95 bits per heavy atom. The lowest BCUT2D eigenvalue weighted by molar-refractivity contribution is -0.137. The topological polar surface area (TPSA) is 0 Å². The van der Waals surface area contributed by atoms with Crippen LogP contribution >= 0.6 is 11.6 Å². The molecule has 0 unspecified atom stereocenters. The van der Waals surface area contributed by atoms with Gasteiger partial charge in [-0.2, -0.15) is 13.2 Å². The van der Waals surface area contributed by atoms with Gasteiger partial charge in [0, 0.05) is 5.88 Å². The lowest BCUT2D eigenvalue weighted by atomic mass is 10.00. The van der Waals surface area contributed by atoms with E-state index in [2.05, 4.69) is 0 Å². The molecule has 0 atom stereocenters. The van der Waals surface area contributed by atoms with Gasteiger partial charge >= 0.3 is 6.18 Å². The SMILES string of the molecule is FC(F)(F)c1ccc(Cc2ccccc2CCl)cc1. The molecule has 0 spiro atoms. The van der Waals surface area contributed by atoms with E-state index in [9.17, 15) is 13.2 Å². The molecule has 0 heterocycles. The van der Waals surface area contributed by atoms with Gasteiger partial charge in [0.2, 0.25) is 0 Å². The summed E-state index contributed by atoms with van der Waals surface area (Å²) in [4.78, 5) is 0. The lowest BCUT2D eigenvalue weighted by Gasteiger charge is -2.09. The second-order valence-electron chi connectivity index (χ2n) is 4.27. The van der Waals surface area contributed by atoms with Crippen LogP contribution in [0.15, 0.2) is 48.5 Å². The van der Waals surface area contributed by atoms with Crippen molar-refractivity contribution in [2.75, 3.05) is 0 Å². The van der Waals surface area contributed by atoms with Gasteiger partial charge in [0.15, 0.2) is 0 Å². The van der Waals surface area contributed by atoms with Gasteiger partial charge in [-0.25, -0.2) is 0 Å². The minimum atomic E-state index is -4.29. The summed E-state index contributed by atoms with van der Waals surface area (Å²) in [7, 11) is 0. The second kappa shape index (κ2) is 5.66. The largest absolute Gasteiger partial charge is 0.416 e. The van der Waals surface area contributed by atoms with Crippen LogP contribution in [0, 0.1) is 0 Å². The molecule has 0 saturated carbocycles. The Balaban J connectivity index is 2.20. The van der Waals surface area contributed by atoms with Crippen molar-refractivity contribution in [3.8, 4) is 0 Å². The molecule has 2 aromatic rings. The van der Waals surface area contributed by atoms with Crippen LogP contribution in [0.1, 0.15) is 22.3 Å². The van der Waals surface area contributed by atoms with Crippen LogP contribution < -0.4 is 0 Å². The molecule has 0 aliphatic rings. The van der Waals surface area contributed by atoms with E-state index in [1.54, 1.807) is 0 Å². The maximum atomic E-state index is 12.4. The maximum absolute atomic E-state index is 12.4.